The first-order valence-electron chi connectivity index (χ1n) is 12.9. The molecule has 0 radical (unpaired) electrons. The van der Waals surface area contributed by atoms with Gasteiger partial charge in [-0.05, 0) is 85.3 Å². The Labute approximate surface area is 211 Å². The highest BCUT2D eigenvalue weighted by Crippen LogP contribution is 2.22. The highest BCUT2D eigenvalue weighted by atomic mass is 16.5. The largest absolute Gasteiger partial charge is 0.489 e. The average Bonchev–Trinajstić information content (AvgIpc) is 2.92. The second kappa shape index (κ2) is 13.6. The van der Waals surface area contributed by atoms with Crippen molar-refractivity contribution in [1.29, 1.82) is 0 Å². The van der Waals surface area contributed by atoms with Crippen molar-refractivity contribution < 1.29 is 4.74 Å². The molecule has 0 amide bonds. The molecule has 3 heteroatoms. The van der Waals surface area contributed by atoms with Crippen LogP contribution in [0.15, 0.2) is 103 Å². The molecule has 35 heavy (non-hydrogen) atoms. The Balaban J connectivity index is 1.17. The predicted molar refractivity (Wildman–Crippen MR) is 146 cm³/mol. The summed E-state index contributed by atoms with van der Waals surface area (Å²) in [6, 6.07) is 27.9. The highest BCUT2D eigenvalue weighted by Gasteiger charge is 2.06. The minimum Gasteiger partial charge on any atom is -0.489 e. The maximum atomic E-state index is 6.12. The first kappa shape index (κ1) is 24.8. The monoisotopic (exact) mass is 466 g/mol. The summed E-state index contributed by atoms with van der Waals surface area (Å²) in [6.45, 7) is 6.89. The van der Waals surface area contributed by atoms with Crippen molar-refractivity contribution >= 4 is 0 Å². The summed E-state index contributed by atoms with van der Waals surface area (Å²) < 4.78 is 6.12. The van der Waals surface area contributed by atoms with Crippen LogP contribution in [0.4, 0.5) is 0 Å². The molecule has 0 saturated heterocycles. The molecule has 0 saturated carbocycles. The van der Waals surface area contributed by atoms with Gasteiger partial charge in [0.15, 0.2) is 0 Å². The number of hydrogen-bond donors (Lipinski definition) is 1. The molecule has 3 aromatic carbocycles. The van der Waals surface area contributed by atoms with Gasteiger partial charge in [-0.25, -0.2) is 0 Å². The van der Waals surface area contributed by atoms with Gasteiger partial charge in [0, 0.05) is 19.6 Å². The van der Waals surface area contributed by atoms with Gasteiger partial charge in [-0.2, -0.15) is 0 Å². The van der Waals surface area contributed by atoms with E-state index >= 15 is 0 Å². The van der Waals surface area contributed by atoms with E-state index in [4.69, 9.17) is 4.74 Å². The lowest BCUT2D eigenvalue weighted by molar-refractivity contribution is 0.302. The number of aryl methyl sites for hydroxylation is 2. The van der Waals surface area contributed by atoms with E-state index in [0.717, 1.165) is 57.6 Å². The lowest BCUT2D eigenvalue weighted by Crippen LogP contribution is -2.24. The van der Waals surface area contributed by atoms with E-state index in [1.807, 2.05) is 6.07 Å². The first-order chi connectivity index (χ1) is 17.3. The maximum Gasteiger partial charge on any atom is 0.122 e. The Morgan fingerprint density at radius 3 is 2.40 bits per heavy atom. The van der Waals surface area contributed by atoms with Gasteiger partial charge in [-0.15, -0.1) is 0 Å². The predicted octanol–water partition coefficient (Wildman–Crippen LogP) is 6.70. The Bertz CT molecular complexity index is 1090. The summed E-state index contributed by atoms with van der Waals surface area (Å²) in [4.78, 5) is 2.35. The number of benzene rings is 3. The summed E-state index contributed by atoms with van der Waals surface area (Å²) in [5.41, 5.74) is 6.73. The molecule has 1 heterocycles. The highest BCUT2D eigenvalue weighted by molar-refractivity contribution is 5.34. The molecule has 0 unspecified atom stereocenters. The van der Waals surface area contributed by atoms with Crippen LogP contribution in [-0.4, -0.2) is 24.5 Å². The molecule has 1 N–H and O–H groups in total. The van der Waals surface area contributed by atoms with Crippen molar-refractivity contribution in [1.82, 2.24) is 10.2 Å². The van der Waals surface area contributed by atoms with E-state index in [2.05, 4.69) is 108 Å². The van der Waals surface area contributed by atoms with Crippen molar-refractivity contribution in [3.05, 3.63) is 125 Å². The van der Waals surface area contributed by atoms with Crippen molar-refractivity contribution in [2.24, 2.45) is 0 Å². The fourth-order valence-corrected chi connectivity index (χ4v) is 4.42. The third-order valence-electron chi connectivity index (χ3n) is 6.54. The number of likely N-dealkylation sites (N-methyl/N-ethyl adjacent to an activating group) is 1. The third kappa shape index (κ3) is 8.15. The van der Waals surface area contributed by atoms with Gasteiger partial charge in [0.05, 0.1) is 0 Å². The van der Waals surface area contributed by atoms with E-state index in [1.165, 1.54) is 27.8 Å². The van der Waals surface area contributed by atoms with Gasteiger partial charge < -0.3 is 15.0 Å². The second-order valence-corrected chi connectivity index (χ2v) is 9.21. The van der Waals surface area contributed by atoms with Crippen LogP contribution >= 0.6 is 0 Å². The molecular weight excluding hydrogens is 428 g/mol. The summed E-state index contributed by atoms with van der Waals surface area (Å²) in [5.74, 6) is 1.00. The Kier molecular flexibility index (Phi) is 9.61. The van der Waals surface area contributed by atoms with Crippen molar-refractivity contribution in [2.75, 3.05) is 19.6 Å². The molecule has 3 aromatic rings. The van der Waals surface area contributed by atoms with Gasteiger partial charge in [0.1, 0.15) is 12.4 Å². The molecule has 0 aromatic heterocycles. The number of ether oxygens (including phenoxy) is 1. The molecule has 3 nitrogen and oxygen atoms in total. The third-order valence-corrected chi connectivity index (χ3v) is 6.54. The molecule has 0 spiro atoms. The lowest BCUT2D eigenvalue weighted by Gasteiger charge is -2.23. The van der Waals surface area contributed by atoms with Crippen LogP contribution in [0.25, 0.3) is 0 Å². The molecule has 0 atom stereocenters. The number of para-hydroxylation sites is 1. The van der Waals surface area contributed by atoms with Crippen LogP contribution in [-0.2, 0) is 26.0 Å². The minimum atomic E-state index is 0.610. The molecule has 0 aliphatic carbocycles. The van der Waals surface area contributed by atoms with Crippen LogP contribution in [0.3, 0.4) is 0 Å². The number of nitrogens with zero attached hydrogens (tertiary/aromatic N) is 1. The second-order valence-electron chi connectivity index (χ2n) is 9.21. The normalized spacial score (nSPS) is 13.1. The topological polar surface area (TPSA) is 24.5 Å². The summed E-state index contributed by atoms with van der Waals surface area (Å²) in [7, 11) is 0. The van der Waals surface area contributed by atoms with Crippen molar-refractivity contribution in [3.8, 4) is 5.75 Å². The lowest BCUT2D eigenvalue weighted by atomic mass is 10.0. The van der Waals surface area contributed by atoms with Gasteiger partial charge >= 0.3 is 0 Å². The average molecular weight is 467 g/mol. The molecule has 0 fully saturated rings. The molecule has 1 aliphatic rings. The minimum absolute atomic E-state index is 0.610. The fraction of sp³-hybridized carbons (Fsp3) is 0.312. The first-order valence-corrected chi connectivity index (χ1v) is 12.9. The molecule has 0 bridgehead atoms. The van der Waals surface area contributed by atoms with E-state index in [0.29, 0.717) is 6.61 Å². The smallest absolute Gasteiger partial charge is 0.122 e. The van der Waals surface area contributed by atoms with Gasteiger partial charge in [0.2, 0.25) is 0 Å². The summed E-state index contributed by atoms with van der Waals surface area (Å²) in [5, 5.41) is 3.60. The molecule has 4 rings (SSSR count). The number of hydrogen-bond acceptors (Lipinski definition) is 3. The zero-order chi connectivity index (χ0) is 24.1. The number of nitrogens with one attached hydrogen (secondary N) is 1. The van der Waals surface area contributed by atoms with E-state index in [1.54, 1.807) is 0 Å². The molecule has 182 valence electrons. The van der Waals surface area contributed by atoms with E-state index < -0.39 is 0 Å². The van der Waals surface area contributed by atoms with E-state index in [-0.39, 0.29) is 0 Å². The van der Waals surface area contributed by atoms with Crippen LogP contribution in [0.5, 0.6) is 5.75 Å². The van der Waals surface area contributed by atoms with Crippen LogP contribution in [0, 0.1) is 0 Å². The van der Waals surface area contributed by atoms with Gasteiger partial charge in [-0.1, -0.05) is 78.9 Å². The van der Waals surface area contributed by atoms with Crippen molar-refractivity contribution in [2.45, 2.75) is 45.8 Å². The van der Waals surface area contributed by atoms with Crippen LogP contribution in [0.1, 0.15) is 42.0 Å². The van der Waals surface area contributed by atoms with Crippen LogP contribution < -0.4 is 10.1 Å². The zero-order valence-corrected chi connectivity index (χ0v) is 21.0. The Morgan fingerprint density at radius 1 is 0.800 bits per heavy atom. The summed E-state index contributed by atoms with van der Waals surface area (Å²) >= 11 is 0. The maximum absolute atomic E-state index is 6.12. The Hall–Kier alpha value is -3.30. The molecule has 1 aliphatic heterocycles. The Morgan fingerprint density at radius 2 is 1.57 bits per heavy atom. The van der Waals surface area contributed by atoms with Gasteiger partial charge in [0.25, 0.3) is 0 Å². The summed E-state index contributed by atoms with van der Waals surface area (Å²) in [6.07, 6.45) is 10.9. The van der Waals surface area contributed by atoms with Crippen LogP contribution in [0.2, 0.25) is 0 Å². The van der Waals surface area contributed by atoms with Gasteiger partial charge in [-0.3, -0.25) is 0 Å². The SMILES string of the molecule is CCN1C=CC=C(CCNCc2ccc(CCCc3ccccc3OCc3ccccc3)cc2)C1. The zero-order valence-electron chi connectivity index (χ0n) is 21.0. The quantitative estimate of drug-likeness (QED) is 0.284. The standard InChI is InChI=1S/C32H38N2O/c1-2-34-23-9-13-29(25-34)21-22-33-24-28-19-17-27(18-20-28)12-8-15-31-14-6-7-16-32(31)35-26-30-10-4-3-5-11-30/h3-7,9-11,13-14,16-20,23,33H,2,8,12,15,21-22,24-26H2,1H3. The molecular formula is C32H38N2O. The van der Waals surface area contributed by atoms with Crippen molar-refractivity contribution in [3.63, 3.8) is 0 Å². The fourth-order valence-electron chi connectivity index (χ4n) is 4.42. The van der Waals surface area contributed by atoms with E-state index in [9.17, 15) is 0 Å². The number of rotatable bonds is 13. The number of allylic oxidation sites excluding steroid dienone is 2.